The minimum atomic E-state index is -2.73. The second-order valence-corrected chi connectivity index (χ2v) is 16.7. The molecule has 210 valence electrons. The average Bonchev–Trinajstić information content (AvgIpc) is 2.93. The lowest BCUT2D eigenvalue weighted by Gasteiger charge is -2.44. The number of aliphatic hydroxyl groups is 1. The fourth-order valence-electron chi connectivity index (χ4n) is 5.60. The molecule has 0 spiro atoms. The number of rotatable bonds is 13. The second kappa shape index (κ2) is 13.2. The third-order valence-electron chi connectivity index (χ3n) is 7.82. The molecule has 4 nitrogen and oxygen atoms in total. The maximum absolute atomic E-state index is 13.5. The van der Waals surface area contributed by atoms with Crippen LogP contribution in [0.2, 0.25) is 5.04 Å². The van der Waals surface area contributed by atoms with Gasteiger partial charge in [-0.05, 0) is 21.0 Å². The molecule has 0 aliphatic heterocycles. The van der Waals surface area contributed by atoms with Crippen molar-refractivity contribution in [3.05, 3.63) is 96.6 Å². The predicted octanol–water partition coefficient (Wildman–Crippen LogP) is 6.01. The largest absolute Gasteiger partial charge is 0.407 e. The number of benzene rings is 3. The van der Waals surface area contributed by atoms with Crippen LogP contribution in [0, 0.1) is 17.3 Å². The maximum atomic E-state index is 13.5. The fraction of sp³-hybridized carbons (Fsp3) is 0.441. The quantitative estimate of drug-likeness (QED) is 0.267. The highest BCUT2D eigenvalue weighted by Crippen LogP contribution is 2.38. The Morgan fingerprint density at radius 1 is 0.769 bits per heavy atom. The van der Waals surface area contributed by atoms with Crippen molar-refractivity contribution in [3.63, 3.8) is 0 Å². The van der Waals surface area contributed by atoms with Crippen LogP contribution in [0.5, 0.6) is 0 Å². The molecule has 3 atom stereocenters. The molecule has 0 aliphatic carbocycles. The third-order valence-corrected chi connectivity index (χ3v) is 12.8. The van der Waals surface area contributed by atoms with Crippen molar-refractivity contribution in [2.75, 3.05) is 13.2 Å². The van der Waals surface area contributed by atoms with Crippen LogP contribution < -0.4 is 10.4 Å². The molecule has 1 N–H and O–H groups in total. The lowest BCUT2D eigenvalue weighted by molar-refractivity contribution is -0.141. The van der Waals surface area contributed by atoms with Gasteiger partial charge in [0.2, 0.25) is 0 Å². The molecule has 3 rings (SSSR count). The van der Waals surface area contributed by atoms with Crippen molar-refractivity contribution in [2.45, 2.75) is 66.2 Å². The van der Waals surface area contributed by atoms with Crippen LogP contribution in [0.1, 0.15) is 54.0 Å². The lowest BCUT2D eigenvalue weighted by atomic mass is 9.73. The van der Waals surface area contributed by atoms with Gasteiger partial charge in [-0.2, -0.15) is 0 Å². The smallest absolute Gasteiger partial charge is 0.261 e. The molecule has 0 heterocycles. The molecule has 0 bridgehead atoms. The first-order valence-corrected chi connectivity index (χ1v) is 15.9. The highest BCUT2D eigenvalue weighted by molar-refractivity contribution is 6.99. The van der Waals surface area contributed by atoms with E-state index in [4.69, 9.17) is 9.16 Å². The van der Waals surface area contributed by atoms with E-state index in [1.165, 1.54) is 10.4 Å². The number of hydrogen-bond donors (Lipinski definition) is 1. The molecule has 0 aliphatic rings. The summed E-state index contributed by atoms with van der Waals surface area (Å²) in [6, 6.07) is 30.9. The van der Waals surface area contributed by atoms with Crippen molar-refractivity contribution in [1.29, 1.82) is 0 Å². The molecular formula is C34H46O4Si. The number of carbonyl (C=O) groups is 1. The Morgan fingerprint density at radius 3 is 1.69 bits per heavy atom. The Balaban J connectivity index is 1.75. The van der Waals surface area contributed by atoms with Crippen LogP contribution in [0.4, 0.5) is 0 Å². The monoisotopic (exact) mass is 546 g/mol. The summed E-state index contributed by atoms with van der Waals surface area (Å²) in [5, 5.41) is 13.7. The Morgan fingerprint density at radius 2 is 1.23 bits per heavy atom. The molecule has 3 aromatic carbocycles. The number of ether oxygens (including phenoxy) is 1. The van der Waals surface area contributed by atoms with E-state index < -0.39 is 19.8 Å². The molecule has 39 heavy (non-hydrogen) atoms. The van der Waals surface area contributed by atoms with Gasteiger partial charge in [0.05, 0.1) is 19.3 Å². The van der Waals surface area contributed by atoms with E-state index >= 15 is 0 Å². The predicted molar refractivity (Wildman–Crippen MR) is 163 cm³/mol. The average molecular weight is 547 g/mol. The minimum absolute atomic E-state index is 0.000333. The van der Waals surface area contributed by atoms with Gasteiger partial charge in [-0.25, -0.2) is 0 Å². The number of carbonyl (C=O) groups excluding carboxylic acids is 1. The van der Waals surface area contributed by atoms with E-state index in [1.54, 1.807) is 0 Å². The van der Waals surface area contributed by atoms with Crippen molar-refractivity contribution >= 4 is 24.5 Å². The molecule has 0 amide bonds. The van der Waals surface area contributed by atoms with Gasteiger partial charge in [0.15, 0.2) is 0 Å². The molecule has 0 fully saturated rings. The van der Waals surface area contributed by atoms with Crippen LogP contribution in [0.3, 0.4) is 0 Å². The van der Waals surface area contributed by atoms with Crippen molar-refractivity contribution in [1.82, 2.24) is 0 Å². The lowest BCUT2D eigenvalue weighted by Crippen LogP contribution is -2.67. The zero-order valence-electron chi connectivity index (χ0n) is 24.7. The highest BCUT2D eigenvalue weighted by Gasteiger charge is 2.51. The molecule has 3 aromatic rings. The van der Waals surface area contributed by atoms with Gasteiger partial charge in [-0.15, -0.1) is 0 Å². The first-order valence-electron chi connectivity index (χ1n) is 14.0. The first-order chi connectivity index (χ1) is 18.4. The molecule has 0 unspecified atom stereocenters. The zero-order chi connectivity index (χ0) is 28.7. The van der Waals surface area contributed by atoms with E-state index in [1.807, 2.05) is 70.2 Å². The second-order valence-electron chi connectivity index (χ2n) is 12.4. The number of aliphatic hydroxyl groups excluding tert-OH is 1. The topological polar surface area (TPSA) is 55.8 Å². The summed E-state index contributed by atoms with van der Waals surface area (Å²) in [5.41, 5.74) is 0.134. The van der Waals surface area contributed by atoms with Crippen LogP contribution >= 0.6 is 0 Å². The van der Waals surface area contributed by atoms with Gasteiger partial charge in [-0.3, -0.25) is 4.79 Å². The first kappa shape index (κ1) is 31.0. The Hall–Kier alpha value is -2.57. The van der Waals surface area contributed by atoms with Gasteiger partial charge < -0.3 is 14.3 Å². The Kier molecular flexibility index (Phi) is 10.5. The summed E-state index contributed by atoms with van der Waals surface area (Å²) in [5.74, 6) is -0.577. The van der Waals surface area contributed by atoms with Crippen molar-refractivity contribution in [2.24, 2.45) is 17.3 Å². The van der Waals surface area contributed by atoms with E-state index in [9.17, 15) is 9.90 Å². The van der Waals surface area contributed by atoms with Crippen LogP contribution in [-0.2, 0) is 20.6 Å². The molecule has 5 heteroatoms. The molecule has 0 saturated heterocycles. The standard InChI is InChI=1S/C34H46O4Si/c1-26(23-37-25-28-17-11-8-12-18-28)31(35)34(6,7)32(36)27(2)24-38-39(33(3,4)5,29-19-13-9-14-20-29)30-21-15-10-16-22-30/h8-22,26-27,32,36H,23-25H2,1-7H3/t26-,27+,32-/m0/s1. The van der Waals surface area contributed by atoms with Crippen LogP contribution in [0.25, 0.3) is 0 Å². The minimum Gasteiger partial charge on any atom is -0.407 e. The van der Waals surface area contributed by atoms with E-state index in [-0.39, 0.29) is 22.7 Å². The normalized spacial score (nSPS) is 15.0. The van der Waals surface area contributed by atoms with Crippen LogP contribution in [-0.4, -0.2) is 38.5 Å². The van der Waals surface area contributed by atoms with Crippen LogP contribution in [0.15, 0.2) is 91.0 Å². The van der Waals surface area contributed by atoms with Gasteiger partial charge in [0.25, 0.3) is 8.32 Å². The van der Waals surface area contributed by atoms with Gasteiger partial charge in [0.1, 0.15) is 5.78 Å². The molecule has 0 aromatic heterocycles. The van der Waals surface area contributed by atoms with Gasteiger partial charge >= 0.3 is 0 Å². The summed E-state index contributed by atoms with van der Waals surface area (Å²) in [6.45, 7) is 15.4. The third kappa shape index (κ3) is 7.15. The highest BCUT2D eigenvalue weighted by atomic mass is 28.4. The summed E-state index contributed by atoms with van der Waals surface area (Å²) >= 11 is 0. The zero-order valence-corrected chi connectivity index (χ0v) is 25.7. The fourth-order valence-corrected chi connectivity index (χ4v) is 10.3. The van der Waals surface area contributed by atoms with Gasteiger partial charge in [0, 0.05) is 23.9 Å². The molecular weight excluding hydrogens is 500 g/mol. The summed E-state index contributed by atoms with van der Waals surface area (Å²) in [6.07, 6.45) is -0.861. The van der Waals surface area contributed by atoms with E-state index in [0.717, 1.165) is 5.56 Å². The maximum Gasteiger partial charge on any atom is 0.261 e. The molecule has 0 radical (unpaired) electrons. The summed E-state index contributed by atoms with van der Waals surface area (Å²) in [4.78, 5) is 13.5. The van der Waals surface area contributed by atoms with Gasteiger partial charge in [-0.1, -0.05) is 139 Å². The SMILES string of the molecule is C[C@H](CO[Si](c1ccccc1)(c1ccccc1)C(C)(C)C)[C@H](O)C(C)(C)C(=O)[C@@H](C)COCc1ccccc1. The number of hydrogen-bond acceptors (Lipinski definition) is 4. The summed E-state index contributed by atoms with van der Waals surface area (Å²) < 4.78 is 12.9. The Bertz CT molecular complexity index is 1120. The molecule has 0 saturated carbocycles. The number of Topliss-reactive ketones (excluding diaryl/α,β-unsaturated/α-hetero) is 1. The van der Waals surface area contributed by atoms with E-state index in [2.05, 4.69) is 69.3 Å². The number of ketones is 1. The Labute approximate surface area is 236 Å². The van der Waals surface area contributed by atoms with Crippen molar-refractivity contribution in [3.8, 4) is 0 Å². The van der Waals surface area contributed by atoms with Crippen molar-refractivity contribution < 1.29 is 19.1 Å². The summed E-state index contributed by atoms with van der Waals surface area (Å²) in [7, 11) is -2.73. The van der Waals surface area contributed by atoms with E-state index in [0.29, 0.717) is 19.8 Å².